The SMILES string of the molecule is COc1cccc(NC(=O)C(C)(C)C(=O)Nc2cc(Cl)cc(Cl)c2)c1. The van der Waals surface area contributed by atoms with Gasteiger partial charge in [0.25, 0.3) is 0 Å². The highest BCUT2D eigenvalue weighted by Gasteiger charge is 2.36. The first kappa shape index (κ1) is 19.1. The number of rotatable bonds is 5. The van der Waals surface area contributed by atoms with E-state index >= 15 is 0 Å². The Kier molecular flexibility index (Phi) is 5.93. The molecule has 5 nitrogen and oxygen atoms in total. The highest BCUT2D eigenvalue weighted by Crippen LogP contribution is 2.26. The van der Waals surface area contributed by atoms with Crippen molar-refractivity contribution in [2.75, 3.05) is 17.7 Å². The molecule has 0 heterocycles. The number of anilines is 2. The van der Waals surface area contributed by atoms with Crippen molar-refractivity contribution in [3.63, 3.8) is 0 Å². The summed E-state index contributed by atoms with van der Waals surface area (Å²) in [4.78, 5) is 25.1. The number of benzene rings is 2. The van der Waals surface area contributed by atoms with Gasteiger partial charge in [-0.2, -0.15) is 0 Å². The van der Waals surface area contributed by atoms with Gasteiger partial charge in [0.1, 0.15) is 11.2 Å². The van der Waals surface area contributed by atoms with E-state index in [4.69, 9.17) is 27.9 Å². The van der Waals surface area contributed by atoms with Gasteiger partial charge in [0.2, 0.25) is 11.8 Å². The summed E-state index contributed by atoms with van der Waals surface area (Å²) in [7, 11) is 1.54. The van der Waals surface area contributed by atoms with E-state index in [2.05, 4.69) is 10.6 Å². The van der Waals surface area contributed by atoms with Crippen LogP contribution in [-0.2, 0) is 9.59 Å². The fourth-order valence-corrected chi connectivity index (χ4v) is 2.53. The lowest BCUT2D eigenvalue weighted by atomic mass is 9.90. The summed E-state index contributed by atoms with van der Waals surface area (Å²) in [6, 6.07) is 11.6. The first-order valence-corrected chi connectivity index (χ1v) is 8.21. The molecule has 0 aliphatic rings. The quantitative estimate of drug-likeness (QED) is 0.744. The molecule has 0 unspecified atom stereocenters. The first-order chi connectivity index (χ1) is 11.7. The number of nitrogens with one attached hydrogen (secondary N) is 2. The van der Waals surface area contributed by atoms with Crippen molar-refractivity contribution < 1.29 is 14.3 Å². The maximum Gasteiger partial charge on any atom is 0.239 e. The minimum Gasteiger partial charge on any atom is -0.497 e. The predicted octanol–water partition coefficient (Wildman–Crippen LogP) is 4.61. The number of halogens is 2. The van der Waals surface area contributed by atoms with E-state index < -0.39 is 17.2 Å². The average molecular weight is 381 g/mol. The molecule has 2 rings (SSSR count). The van der Waals surface area contributed by atoms with Crippen LogP contribution in [0.2, 0.25) is 10.0 Å². The van der Waals surface area contributed by atoms with Gasteiger partial charge in [-0.05, 0) is 44.2 Å². The number of amides is 2. The number of carbonyl (C=O) groups excluding carboxylic acids is 2. The third-order valence-electron chi connectivity index (χ3n) is 3.58. The summed E-state index contributed by atoms with van der Waals surface area (Å²) in [6.07, 6.45) is 0. The van der Waals surface area contributed by atoms with Crippen molar-refractivity contribution in [1.29, 1.82) is 0 Å². The standard InChI is InChI=1S/C18H18Cl2N2O3/c1-18(2,16(23)21-13-5-4-6-15(10-13)25-3)17(24)22-14-8-11(19)7-12(20)9-14/h4-10H,1-3H3,(H,21,23)(H,22,24). The molecule has 0 saturated carbocycles. The van der Waals surface area contributed by atoms with Gasteiger partial charge in [-0.25, -0.2) is 0 Å². The van der Waals surface area contributed by atoms with Gasteiger partial charge in [0, 0.05) is 27.5 Å². The lowest BCUT2D eigenvalue weighted by molar-refractivity contribution is -0.135. The fourth-order valence-electron chi connectivity index (χ4n) is 2.00. The minimum atomic E-state index is -1.32. The van der Waals surface area contributed by atoms with Crippen LogP contribution < -0.4 is 15.4 Å². The summed E-state index contributed by atoms with van der Waals surface area (Å²) in [5.41, 5.74) is -0.363. The lowest BCUT2D eigenvalue weighted by Gasteiger charge is -2.23. The van der Waals surface area contributed by atoms with Crippen molar-refractivity contribution in [3.8, 4) is 5.75 Å². The highest BCUT2D eigenvalue weighted by atomic mass is 35.5. The molecule has 2 N–H and O–H groups in total. The second-order valence-electron chi connectivity index (χ2n) is 5.92. The van der Waals surface area contributed by atoms with E-state index in [1.807, 2.05) is 0 Å². The molecule has 0 aromatic heterocycles. The number of ether oxygens (including phenoxy) is 1. The van der Waals surface area contributed by atoms with Gasteiger partial charge >= 0.3 is 0 Å². The molecule has 0 spiro atoms. The molecular weight excluding hydrogens is 363 g/mol. The third kappa shape index (κ3) is 4.87. The molecule has 0 bridgehead atoms. The van der Waals surface area contributed by atoms with Gasteiger partial charge in [-0.15, -0.1) is 0 Å². The Hall–Kier alpha value is -2.24. The van der Waals surface area contributed by atoms with Crippen molar-refractivity contribution in [2.24, 2.45) is 5.41 Å². The smallest absolute Gasteiger partial charge is 0.239 e. The van der Waals surface area contributed by atoms with E-state index in [1.165, 1.54) is 21.0 Å². The molecule has 25 heavy (non-hydrogen) atoms. The zero-order chi connectivity index (χ0) is 18.6. The highest BCUT2D eigenvalue weighted by molar-refractivity contribution is 6.35. The summed E-state index contributed by atoms with van der Waals surface area (Å²) < 4.78 is 5.12. The molecule has 0 aliphatic heterocycles. The van der Waals surface area contributed by atoms with Crippen LogP contribution >= 0.6 is 23.2 Å². The van der Waals surface area contributed by atoms with Crippen LogP contribution in [0.1, 0.15) is 13.8 Å². The fraction of sp³-hybridized carbons (Fsp3) is 0.222. The van der Waals surface area contributed by atoms with E-state index in [9.17, 15) is 9.59 Å². The molecular formula is C18H18Cl2N2O3. The maximum absolute atomic E-state index is 12.5. The molecule has 2 aromatic carbocycles. The van der Waals surface area contributed by atoms with Crippen LogP contribution in [0.25, 0.3) is 0 Å². The monoisotopic (exact) mass is 380 g/mol. The zero-order valence-electron chi connectivity index (χ0n) is 14.0. The van der Waals surface area contributed by atoms with Crippen LogP contribution in [0.5, 0.6) is 5.75 Å². The summed E-state index contributed by atoms with van der Waals surface area (Å²) in [5.74, 6) is -0.328. The lowest BCUT2D eigenvalue weighted by Crippen LogP contribution is -2.41. The number of hydrogen-bond donors (Lipinski definition) is 2. The topological polar surface area (TPSA) is 67.4 Å². The van der Waals surface area contributed by atoms with Crippen LogP contribution in [0, 0.1) is 5.41 Å². The molecule has 0 fully saturated rings. The summed E-state index contributed by atoms with van der Waals surface area (Å²) >= 11 is 11.8. The molecule has 0 atom stereocenters. The third-order valence-corrected chi connectivity index (χ3v) is 4.02. The molecule has 0 aliphatic carbocycles. The maximum atomic E-state index is 12.5. The number of methoxy groups -OCH3 is 1. The van der Waals surface area contributed by atoms with Crippen LogP contribution in [-0.4, -0.2) is 18.9 Å². The van der Waals surface area contributed by atoms with Crippen molar-refractivity contribution in [2.45, 2.75) is 13.8 Å². The molecule has 7 heteroatoms. The van der Waals surface area contributed by atoms with Gasteiger partial charge in [0.05, 0.1) is 7.11 Å². The second-order valence-corrected chi connectivity index (χ2v) is 6.80. The van der Waals surface area contributed by atoms with E-state index in [0.717, 1.165) is 0 Å². The summed E-state index contributed by atoms with van der Waals surface area (Å²) in [5, 5.41) is 6.15. The molecule has 0 saturated heterocycles. The van der Waals surface area contributed by atoms with Crippen molar-refractivity contribution >= 4 is 46.4 Å². The van der Waals surface area contributed by atoms with Gasteiger partial charge in [-0.1, -0.05) is 29.3 Å². The molecule has 132 valence electrons. The van der Waals surface area contributed by atoms with E-state index in [1.54, 1.807) is 42.5 Å². The van der Waals surface area contributed by atoms with Gasteiger partial charge in [0.15, 0.2) is 0 Å². The Bertz CT molecular complexity index is 786. The zero-order valence-corrected chi connectivity index (χ0v) is 15.5. The largest absolute Gasteiger partial charge is 0.497 e. The Morgan fingerprint density at radius 3 is 2.04 bits per heavy atom. The van der Waals surface area contributed by atoms with Crippen molar-refractivity contribution in [3.05, 3.63) is 52.5 Å². The molecule has 2 aromatic rings. The first-order valence-electron chi connectivity index (χ1n) is 7.45. The number of hydrogen-bond acceptors (Lipinski definition) is 3. The second kappa shape index (κ2) is 7.76. The Labute approximate surface area is 156 Å². The number of carbonyl (C=O) groups is 2. The Balaban J connectivity index is 2.12. The van der Waals surface area contributed by atoms with E-state index in [-0.39, 0.29) is 0 Å². The van der Waals surface area contributed by atoms with Crippen LogP contribution in [0.3, 0.4) is 0 Å². The van der Waals surface area contributed by atoms with Gasteiger partial charge < -0.3 is 15.4 Å². The van der Waals surface area contributed by atoms with Gasteiger partial charge in [-0.3, -0.25) is 9.59 Å². The average Bonchev–Trinajstić information content (AvgIpc) is 2.53. The van der Waals surface area contributed by atoms with Crippen molar-refractivity contribution in [1.82, 2.24) is 0 Å². The van der Waals surface area contributed by atoms with Crippen LogP contribution in [0.4, 0.5) is 11.4 Å². The minimum absolute atomic E-state index is 0.390. The van der Waals surface area contributed by atoms with E-state index in [0.29, 0.717) is 27.2 Å². The predicted molar refractivity (Wildman–Crippen MR) is 100 cm³/mol. The normalized spacial score (nSPS) is 10.9. The summed E-state index contributed by atoms with van der Waals surface area (Å²) in [6.45, 7) is 3.06. The Morgan fingerprint density at radius 1 is 0.920 bits per heavy atom. The Morgan fingerprint density at radius 2 is 1.48 bits per heavy atom. The molecule has 2 amide bonds. The van der Waals surface area contributed by atoms with Crippen LogP contribution in [0.15, 0.2) is 42.5 Å². The molecule has 0 radical (unpaired) electrons.